The number of hydrogen-bond acceptors (Lipinski definition) is 4. The average Bonchev–Trinajstić information content (AvgIpc) is 2.41. The molecule has 1 amide bonds. The van der Waals surface area contributed by atoms with Crippen LogP contribution in [0, 0.1) is 12.8 Å². The second kappa shape index (κ2) is 6.89. The monoisotopic (exact) mass is 264 g/mol. The van der Waals surface area contributed by atoms with Crippen LogP contribution in [0.3, 0.4) is 0 Å². The molecule has 3 N–H and O–H groups in total. The molecule has 19 heavy (non-hydrogen) atoms. The van der Waals surface area contributed by atoms with E-state index in [-0.39, 0.29) is 11.8 Å². The lowest BCUT2D eigenvalue weighted by Gasteiger charge is -2.14. The van der Waals surface area contributed by atoms with Gasteiger partial charge in [0.25, 0.3) is 0 Å². The van der Waals surface area contributed by atoms with E-state index in [1.54, 1.807) is 18.2 Å². The van der Waals surface area contributed by atoms with Gasteiger partial charge in [0.2, 0.25) is 5.91 Å². The minimum absolute atomic E-state index is 0.0982. The molecule has 0 aliphatic heterocycles. The number of nitrogens with one attached hydrogen (secondary N) is 1. The van der Waals surface area contributed by atoms with Gasteiger partial charge in [-0.25, -0.2) is 4.79 Å². The molecular weight excluding hydrogens is 244 g/mol. The van der Waals surface area contributed by atoms with Crippen LogP contribution in [0.15, 0.2) is 18.2 Å². The number of ether oxygens (including phenoxy) is 1. The number of rotatable bonds is 5. The maximum atomic E-state index is 11.9. The van der Waals surface area contributed by atoms with Crippen LogP contribution in [-0.4, -0.2) is 25.5 Å². The summed E-state index contributed by atoms with van der Waals surface area (Å²) in [6.07, 6.45) is 0.696. The van der Waals surface area contributed by atoms with E-state index in [2.05, 4.69) is 10.1 Å². The van der Waals surface area contributed by atoms with Crippen LogP contribution < -0.4 is 11.1 Å². The number of amides is 1. The standard InChI is InChI=1S/C14H20N2O3/c1-4-10(8-15)13(17)16-12-6-5-11(7-9(12)2)14(18)19-3/h5-7,10H,4,8,15H2,1-3H3,(H,16,17). The second-order valence-electron chi connectivity index (χ2n) is 4.35. The van der Waals surface area contributed by atoms with Gasteiger partial charge in [0.15, 0.2) is 0 Å². The maximum Gasteiger partial charge on any atom is 0.337 e. The summed E-state index contributed by atoms with van der Waals surface area (Å²) in [6.45, 7) is 4.07. The molecule has 0 heterocycles. The molecule has 0 spiro atoms. The summed E-state index contributed by atoms with van der Waals surface area (Å²) < 4.78 is 4.64. The third-order valence-corrected chi connectivity index (χ3v) is 3.05. The number of esters is 1. The Labute approximate surface area is 113 Å². The maximum absolute atomic E-state index is 11.9. The van der Waals surface area contributed by atoms with Crippen LogP contribution in [0.2, 0.25) is 0 Å². The molecule has 0 saturated heterocycles. The van der Waals surface area contributed by atoms with Gasteiger partial charge in [-0.2, -0.15) is 0 Å². The Balaban J connectivity index is 2.86. The molecule has 0 aliphatic rings. The average molecular weight is 264 g/mol. The number of nitrogens with two attached hydrogens (primary N) is 1. The van der Waals surface area contributed by atoms with Crippen molar-refractivity contribution in [3.63, 3.8) is 0 Å². The van der Waals surface area contributed by atoms with Gasteiger partial charge in [-0.3, -0.25) is 4.79 Å². The molecule has 1 atom stereocenters. The lowest BCUT2D eigenvalue weighted by atomic mass is 10.0. The van der Waals surface area contributed by atoms with Crippen LogP contribution in [0.5, 0.6) is 0 Å². The van der Waals surface area contributed by atoms with E-state index < -0.39 is 5.97 Å². The van der Waals surface area contributed by atoms with Gasteiger partial charge in [-0.15, -0.1) is 0 Å². The quantitative estimate of drug-likeness (QED) is 0.793. The van der Waals surface area contributed by atoms with Crippen LogP contribution in [0.25, 0.3) is 0 Å². The first-order valence-electron chi connectivity index (χ1n) is 6.23. The van der Waals surface area contributed by atoms with Crippen LogP contribution in [0.1, 0.15) is 29.3 Å². The van der Waals surface area contributed by atoms with Crippen LogP contribution in [-0.2, 0) is 9.53 Å². The molecule has 0 aliphatic carbocycles. The molecule has 104 valence electrons. The number of hydrogen-bond donors (Lipinski definition) is 2. The fraction of sp³-hybridized carbons (Fsp3) is 0.429. The summed E-state index contributed by atoms with van der Waals surface area (Å²) in [6, 6.07) is 5.01. The highest BCUT2D eigenvalue weighted by molar-refractivity contribution is 5.95. The normalized spacial score (nSPS) is 11.8. The van der Waals surface area contributed by atoms with E-state index in [4.69, 9.17) is 5.73 Å². The van der Waals surface area contributed by atoms with Gasteiger partial charge in [0, 0.05) is 12.2 Å². The molecule has 0 radical (unpaired) electrons. The number of benzene rings is 1. The third kappa shape index (κ3) is 3.79. The van der Waals surface area contributed by atoms with Gasteiger partial charge in [-0.1, -0.05) is 6.92 Å². The number of carbonyl (C=O) groups excluding carboxylic acids is 2. The molecule has 1 unspecified atom stereocenters. The lowest BCUT2D eigenvalue weighted by Crippen LogP contribution is -2.28. The third-order valence-electron chi connectivity index (χ3n) is 3.05. The predicted octanol–water partition coefficient (Wildman–Crippen LogP) is 1.71. The molecule has 0 fully saturated rings. The van der Waals surface area contributed by atoms with E-state index in [1.165, 1.54) is 7.11 Å². The van der Waals surface area contributed by atoms with E-state index in [0.29, 0.717) is 24.2 Å². The fourth-order valence-electron chi connectivity index (χ4n) is 1.74. The van der Waals surface area contributed by atoms with E-state index in [0.717, 1.165) is 5.56 Å². The zero-order valence-corrected chi connectivity index (χ0v) is 11.5. The first kappa shape index (κ1) is 15.2. The fourth-order valence-corrected chi connectivity index (χ4v) is 1.74. The molecule has 5 heteroatoms. The van der Waals surface area contributed by atoms with Crippen molar-refractivity contribution in [1.82, 2.24) is 0 Å². The summed E-state index contributed by atoms with van der Waals surface area (Å²) in [4.78, 5) is 23.3. The summed E-state index contributed by atoms with van der Waals surface area (Å²) >= 11 is 0. The summed E-state index contributed by atoms with van der Waals surface area (Å²) in [5.41, 5.74) is 7.49. The SMILES string of the molecule is CCC(CN)C(=O)Nc1ccc(C(=O)OC)cc1C. The Bertz CT molecular complexity index is 468. The van der Waals surface area contributed by atoms with Crippen molar-refractivity contribution in [3.05, 3.63) is 29.3 Å². The summed E-state index contributed by atoms with van der Waals surface area (Å²) in [5, 5.41) is 2.83. The number of aryl methyl sites for hydroxylation is 1. The van der Waals surface area contributed by atoms with Crippen molar-refractivity contribution in [2.45, 2.75) is 20.3 Å². The van der Waals surface area contributed by atoms with Gasteiger partial charge in [0.1, 0.15) is 0 Å². The molecule has 0 saturated carbocycles. The van der Waals surface area contributed by atoms with Crippen molar-refractivity contribution in [3.8, 4) is 0 Å². The second-order valence-corrected chi connectivity index (χ2v) is 4.35. The first-order valence-corrected chi connectivity index (χ1v) is 6.23. The van der Waals surface area contributed by atoms with Crippen molar-refractivity contribution in [2.24, 2.45) is 11.7 Å². The zero-order valence-electron chi connectivity index (χ0n) is 11.5. The summed E-state index contributed by atoms with van der Waals surface area (Å²) in [5.74, 6) is -0.687. The smallest absolute Gasteiger partial charge is 0.337 e. The Morgan fingerprint density at radius 2 is 2.11 bits per heavy atom. The highest BCUT2D eigenvalue weighted by Gasteiger charge is 2.16. The van der Waals surface area contributed by atoms with Crippen molar-refractivity contribution >= 4 is 17.6 Å². The molecule has 1 aromatic rings. The summed E-state index contributed by atoms with van der Waals surface area (Å²) in [7, 11) is 1.33. The van der Waals surface area contributed by atoms with E-state index in [9.17, 15) is 9.59 Å². The van der Waals surface area contributed by atoms with Gasteiger partial charge < -0.3 is 15.8 Å². The van der Waals surface area contributed by atoms with Crippen molar-refractivity contribution < 1.29 is 14.3 Å². The minimum Gasteiger partial charge on any atom is -0.465 e. The lowest BCUT2D eigenvalue weighted by molar-refractivity contribution is -0.119. The molecule has 1 aromatic carbocycles. The largest absolute Gasteiger partial charge is 0.465 e. The molecule has 0 bridgehead atoms. The molecular formula is C14H20N2O3. The van der Waals surface area contributed by atoms with Crippen molar-refractivity contribution in [1.29, 1.82) is 0 Å². The molecule has 5 nitrogen and oxygen atoms in total. The van der Waals surface area contributed by atoms with Gasteiger partial charge in [0.05, 0.1) is 18.6 Å². The minimum atomic E-state index is -0.394. The Morgan fingerprint density at radius 3 is 2.58 bits per heavy atom. The zero-order chi connectivity index (χ0) is 14.4. The highest BCUT2D eigenvalue weighted by Crippen LogP contribution is 2.18. The van der Waals surface area contributed by atoms with Crippen LogP contribution >= 0.6 is 0 Å². The topological polar surface area (TPSA) is 81.4 Å². The van der Waals surface area contributed by atoms with Crippen molar-refractivity contribution in [2.75, 3.05) is 19.0 Å². The van der Waals surface area contributed by atoms with Crippen LogP contribution in [0.4, 0.5) is 5.69 Å². The van der Waals surface area contributed by atoms with Gasteiger partial charge >= 0.3 is 5.97 Å². The van der Waals surface area contributed by atoms with Gasteiger partial charge in [-0.05, 0) is 37.1 Å². The Hall–Kier alpha value is -1.88. The van der Waals surface area contributed by atoms with E-state index in [1.807, 2.05) is 13.8 Å². The predicted molar refractivity (Wildman–Crippen MR) is 74.0 cm³/mol. The molecule has 0 aromatic heterocycles. The Morgan fingerprint density at radius 1 is 1.42 bits per heavy atom. The highest BCUT2D eigenvalue weighted by atomic mass is 16.5. The Kier molecular flexibility index (Phi) is 5.51. The first-order chi connectivity index (χ1) is 9.03. The molecule has 1 rings (SSSR count). The number of carbonyl (C=O) groups is 2. The number of methoxy groups -OCH3 is 1. The van der Waals surface area contributed by atoms with E-state index >= 15 is 0 Å². The number of anilines is 1.